The van der Waals surface area contributed by atoms with Gasteiger partial charge in [-0.3, -0.25) is 4.79 Å². The highest BCUT2D eigenvalue weighted by atomic mass is 79.9. The number of halogens is 2. The molecular formula is C24H18BrClN2O4S. The van der Waals surface area contributed by atoms with Crippen molar-refractivity contribution in [2.75, 3.05) is 5.32 Å². The summed E-state index contributed by atoms with van der Waals surface area (Å²) >= 11 is 9.36. The van der Waals surface area contributed by atoms with Gasteiger partial charge in [-0.25, -0.2) is 0 Å². The van der Waals surface area contributed by atoms with E-state index in [4.69, 9.17) is 15.8 Å². The fraction of sp³-hybridized carbons (Fsp3) is 0.0833. The van der Waals surface area contributed by atoms with Crippen LogP contribution < -0.4 is 9.50 Å². The molecule has 33 heavy (non-hydrogen) atoms. The van der Waals surface area contributed by atoms with E-state index in [1.165, 1.54) is 30.3 Å². The van der Waals surface area contributed by atoms with Crippen LogP contribution in [0.25, 0.3) is 6.08 Å². The Balaban J connectivity index is 1.80. The summed E-state index contributed by atoms with van der Waals surface area (Å²) in [5.41, 5.74) is 2.61. The highest BCUT2D eigenvalue weighted by Crippen LogP contribution is 2.30. The van der Waals surface area contributed by atoms with Crippen LogP contribution in [0.3, 0.4) is 0 Å². The molecule has 0 saturated carbocycles. The molecular weight excluding hydrogens is 528 g/mol. The van der Waals surface area contributed by atoms with E-state index in [1.807, 2.05) is 19.9 Å². The van der Waals surface area contributed by atoms with Crippen molar-refractivity contribution in [1.29, 1.82) is 5.26 Å². The standard InChI is InChI=1S/C24H18BrClN2O4S/c1-15-3-8-20(9-4-15)33(30,31)32-23-10-6-17(12-21(23)25)11-18(14-27)24(29)28-19-7-5-16(2)22(26)13-19/h3-13H,1-2H3,(H,28,29)/b18-11+. The number of carbonyl (C=O) groups excluding carboxylic acids is 1. The summed E-state index contributed by atoms with van der Waals surface area (Å²) in [4.78, 5) is 12.5. The lowest BCUT2D eigenvalue weighted by molar-refractivity contribution is -0.112. The first kappa shape index (κ1) is 24.5. The maximum absolute atomic E-state index is 12.5. The molecule has 0 unspecified atom stereocenters. The minimum atomic E-state index is -4.02. The molecule has 0 bridgehead atoms. The predicted molar refractivity (Wildman–Crippen MR) is 132 cm³/mol. The zero-order valence-electron chi connectivity index (χ0n) is 17.6. The van der Waals surface area contributed by atoms with Gasteiger partial charge in [0.05, 0.1) is 4.47 Å². The number of rotatable bonds is 6. The molecule has 0 spiro atoms. The molecule has 0 atom stereocenters. The fourth-order valence-corrected chi connectivity index (χ4v) is 4.44. The minimum Gasteiger partial charge on any atom is -0.378 e. The fourth-order valence-electron chi connectivity index (χ4n) is 2.73. The predicted octanol–water partition coefficient (Wildman–Crippen LogP) is 6.03. The largest absolute Gasteiger partial charge is 0.378 e. The molecule has 0 aliphatic carbocycles. The zero-order chi connectivity index (χ0) is 24.2. The Morgan fingerprint density at radius 3 is 2.39 bits per heavy atom. The van der Waals surface area contributed by atoms with Crippen LogP contribution in [0.15, 0.2) is 75.6 Å². The summed E-state index contributed by atoms with van der Waals surface area (Å²) in [6, 6.07) is 17.7. The summed E-state index contributed by atoms with van der Waals surface area (Å²) in [6.45, 7) is 3.69. The van der Waals surface area contributed by atoms with Crippen molar-refractivity contribution in [3.05, 3.63) is 92.4 Å². The van der Waals surface area contributed by atoms with Gasteiger partial charge in [-0.15, -0.1) is 0 Å². The highest BCUT2D eigenvalue weighted by molar-refractivity contribution is 9.10. The van der Waals surface area contributed by atoms with E-state index >= 15 is 0 Å². The summed E-state index contributed by atoms with van der Waals surface area (Å²) in [5, 5.41) is 12.6. The second-order valence-corrected chi connectivity index (χ2v) is 9.94. The average molecular weight is 546 g/mol. The molecule has 0 heterocycles. The number of amides is 1. The Morgan fingerprint density at radius 1 is 1.09 bits per heavy atom. The lowest BCUT2D eigenvalue weighted by Gasteiger charge is -2.10. The summed E-state index contributed by atoms with van der Waals surface area (Å²) in [5.74, 6) is -0.527. The van der Waals surface area contributed by atoms with Crippen LogP contribution in [-0.2, 0) is 14.9 Å². The Bertz CT molecular complexity index is 1390. The molecule has 1 N–H and O–H groups in total. The van der Waals surface area contributed by atoms with Crippen molar-refractivity contribution < 1.29 is 17.4 Å². The molecule has 0 aliphatic heterocycles. The average Bonchev–Trinajstić information content (AvgIpc) is 2.76. The third-order valence-electron chi connectivity index (χ3n) is 4.57. The molecule has 1 amide bonds. The quantitative estimate of drug-likeness (QED) is 0.232. The van der Waals surface area contributed by atoms with E-state index in [2.05, 4.69) is 21.2 Å². The van der Waals surface area contributed by atoms with Gasteiger partial charge in [-0.2, -0.15) is 13.7 Å². The van der Waals surface area contributed by atoms with E-state index < -0.39 is 16.0 Å². The van der Waals surface area contributed by atoms with Crippen molar-refractivity contribution in [2.24, 2.45) is 0 Å². The second-order valence-electron chi connectivity index (χ2n) is 7.13. The van der Waals surface area contributed by atoms with Crippen molar-refractivity contribution in [3.63, 3.8) is 0 Å². The van der Waals surface area contributed by atoms with Gasteiger partial charge < -0.3 is 9.50 Å². The first-order valence-electron chi connectivity index (χ1n) is 9.59. The van der Waals surface area contributed by atoms with Crippen molar-refractivity contribution in [2.45, 2.75) is 18.7 Å². The van der Waals surface area contributed by atoms with Gasteiger partial charge in [-0.05, 0) is 83.4 Å². The Kier molecular flexibility index (Phi) is 7.59. The van der Waals surface area contributed by atoms with Crippen molar-refractivity contribution in [3.8, 4) is 11.8 Å². The monoisotopic (exact) mass is 544 g/mol. The molecule has 3 aromatic carbocycles. The third-order valence-corrected chi connectivity index (χ3v) is 6.85. The number of hydrogen-bond donors (Lipinski definition) is 1. The molecule has 0 aliphatic rings. The Labute approximate surface area is 205 Å². The zero-order valence-corrected chi connectivity index (χ0v) is 20.8. The van der Waals surface area contributed by atoms with E-state index in [1.54, 1.807) is 36.4 Å². The molecule has 3 rings (SSSR count). The summed E-state index contributed by atoms with van der Waals surface area (Å²) in [7, 11) is -4.02. The third kappa shape index (κ3) is 6.23. The SMILES string of the molecule is Cc1ccc(S(=O)(=O)Oc2ccc(/C=C(\C#N)C(=O)Nc3ccc(C)c(Cl)c3)cc2Br)cc1. The summed E-state index contributed by atoms with van der Waals surface area (Å²) in [6.07, 6.45) is 1.38. The molecule has 6 nitrogen and oxygen atoms in total. The van der Waals surface area contributed by atoms with E-state index in [9.17, 15) is 18.5 Å². The van der Waals surface area contributed by atoms with Crippen LogP contribution in [0.1, 0.15) is 16.7 Å². The minimum absolute atomic E-state index is 0.0311. The first-order valence-corrected chi connectivity index (χ1v) is 12.2. The molecule has 0 aromatic heterocycles. The number of carbonyl (C=O) groups is 1. The van der Waals surface area contributed by atoms with Gasteiger partial charge in [0.2, 0.25) is 0 Å². The van der Waals surface area contributed by atoms with E-state index in [0.29, 0.717) is 20.7 Å². The number of aryl methyl sites for hydroxylation is 2. The number of benzene rings is 3. The molecule has 0 fully saturated rings. The van der Waals surface area contributed by atoms with Crippen LogP contribution >= 0.6 is 27.5 Å². The smallest absolute Gasteiger partial charge is 0.339 e. The van der Waals surface area contributed by atoms with Gasteiger partial charge >= 0.3 is 10.1 Å². The van der Waals surface area contributed by atoms with Gasteiger partial charge in [-0.1, -0.05) is 41.4 Å². The number of nitriles is 1. The van der Waals surface area contributed by atoms with Crippen LogP contribution in [-0.4, -0.2) is 14.3 Å². The number of hydrogen-bond acceptors (Lipinski definition) is 5. The van der Waals surface area contributed by atoms with Crippen molar-refractivity contribution >= 4 is 55.3 Å². The van der Waals surface area contributed by atoms with Crippen molar-refractivity contribution in [1.82, 2.24) is 0 Å². The van der Waals surface area contributed by atoms with Crippen LogP contribution in [0, 0.1) is 25.2 Å². The Hall–Kier alpha value is -3.12. The van der Waals surface area contributed by atoms with E-state index in [0.717, 1.165) is 11.1 Å². The molecule has 0 radical (unpaired) electrons. The number of nitrogens with one attached hydrogen (secondary N) is 1. The van der Waals surface area contributed by atoms with Crippen LogP contribution in [0.4, 0.5) is 5.69 Å². The van der Waals surface area contributed by atoms with Gasteiger partial charge in [0.1, 0.15) is 16.5 Å². The molecule has 3 aromatic rings. The van der Waals surface area contributed by atoms with Crippen LogP contribution in [0.5, 0.6) is 5.75 Å². The Morgan fingerprint density at radius 2 is 1.79 bits per heavy atom. The lowest BCUT2D eigenvalue weighted by atomic mass is 10.1. The number of nitrogens with zero attached hydrogens (tertiary/aromatic N) is 1. The maximum Gasteiger partial charge on any atom is 0.339 e. The topological polar surface area (TPSA) is 96.3 Å². The molecule has 168 valence electrons. The highest BCUT2D eigenvalue weighted by Gasteiger charge is 2.18. The van der Waals surface area contributed by atoms with E-state index in [-0.39, 0.29) is 16.2 Å². The maximum atomic E-state index is 12.5. The lowest BCUT2D eigenvalue weighted by Crippen LogP contribution is -2.13. The van der Waals surface area contributed by atoms with Gasteiger partial charge in [0.25, 0.3) is 5.91 Å². The van der Waals surface area contributed by atoms with Gasteiger partial charge in [0, 0.05) is 10.7 Å². The van der Waals surface area contributed by atoms with Gasteiger partial charge in [0.15, 0.2) is 5.75 Å². The summed E-state index contributed by atoms with van der Waals surface area (Å²) < 4.78 is 30.6. The molecule has 0 saturated heterocycles. The molecule has 9 heteroatoms. The van der Waals surface area contributed by atoms with Crippen LogP contribution in [0.2, 0.25) is 5.02 Å². The number of anilines is 1. The first-order chi connectivity index (χ1) is 15.6. The normalized spacial score (nSPS) is 11.5. The second kappa shape index (κ2) is 10.2.